The van der Waals surface area contributed by atoms with Crippen molar-refractivity contribution >= 4 is 21.5 Å². The minimum atomic E-state index is -0.292. The van der Waals surface area contributed by atoms with Gasteiger partial charge in [-0.05, 0) is 95.8 Å². The molecule has 2 saturated carbocycles. The first kappa shape index (κ1) is 24.2. The van der Waals surface area contributed by atoms with Gasteiger partial charge in [0.2, 0.25) is 0 Å². The molecule has 1 N–H and O–H groups in total. The average molecular weight is 487 g/mol. The van der Waals surface area contributed by atoms with Crippen molar-refractivity contribution in [1.29, 1.82) is 5.26 Å². The van der Waals surface area contributed by atoms with Gasteiger partial charge in [-0.25, -0.2) is 0 Å². The van der Waals surface area contributed by atoms with Crippen LogP contribution in [-0.2, 0) is 10.8 Å². The van der Waals surface area contributed by atoms with Gasteiger partial charge in [0.25, 0.3) is 0 Å². The number of fused-ring (bicyclic) bond motifs is 2. The van der Waals surface area contributed by atoms with Crippen molar-refractivity contribution in [3.8, 4) is 6.07 Å². The second-order valence-corrected chi connectivity index (χ2v) is 11.7. The summed E-state index contributed by atoms with van der Waals surface area (Å²) < 4.78 is 0. The monoisotopic (exact) mass is 486 g/mol. The Kier molecular flexibility index (Phi) is 6.51. The summed E-state index contributed by atoms with van der Waals surface area (Å²) in [5, 5.41) is 19.0. The SMILES string of the molecule is CNCC1(c2ccc3ccccc3c2)CCC(c2cccc3cc(C4(C#N)CCCCC4)ccc23)CC1. The van der Waals surface area contributed by atoms with Gasteiger partial charge < -0.3 is 5.32 Å². The Morgan fingerprint density at radius 2 is 1.46 bits per heavy atom. The topological polar surface area (TPSA) is 35.8 Å². The van der Waals surface area contributed by atoms with E-state index in [1.54, 1.807) is 0 Å². The van der Waals surface area contributed by atoms with Crippen molar-refractivity contribution in [3.05, 3.63) is 95.6 Å². The lowest BCUT2D eigenvalue weighted by Crippen LogP contribution is -2.40. The van der Waals surface area contributed by atoms with Crippen molar-refractivity contribution in [2.75, 3.05) is 13.6 Å². The molecule has 0 atom stereocenters. The molecule has 37 heavy (non-hydrogen) atoms. The molecule has 0 unspecified atom stereocenters. The maximum Gasteiger partial charge on any atom is 0.0822 e. The number of nitriles is 1. The van der Waals surface area contributed by atoms with Crippen LogP contribution in [0.5, 0.6) is 0 Å². The summed E-state index contributed by atoms with van der Waals surface area (Å²) in [7, 11) is 2.09. The fourth-order valence-corrected chi connectivity index (χ4v) is 7.49. The number of rotatable bonds is 5. The van der Waals surface area contributed by atoms with Crippen LogP contribution in [0.1, 0.15) is 80.4 Å². The Balaban J connectivity index is 1.28. The van der Waals surface area contributed by atoms with Crippen molar-refractivity contribution in [3.63, 3.8) is 0 Å². The number of hydrogen-bond acceptors (Lipinski definition) is 2. The van der Waals surface area contributed by atoms with Crippen LogP contribution in [0.25, 0.3) is 21.5 Å². The number of nitrogens with zero attached hydrogens (tertiary/aromatic N) is 1. The Bertz CT molecular complexity index is 1450. The lowest BCUT2D eigenvalue weighted by atomic mass is 9.65. The summed E-state index contributed by atoms with van der Waals surface area (Å²) in [6.07, 6.45) is 10.4. The Labute approximate surface area is 221 Å². The Hall–Kier alpha value is -3.15. The molecule has 4 aromatic carbocycles. The molecule has 4 aromatic rings. The molecule has 2 fully saturated rings. The molecule has 188 valence electrons. The first-order valence-electron chi connectivity index (χ1n) is 14.2. The third-order valence-electron chi connectivity index (χ3n) is 9.65. The van der Waals surface area contributed by atoms with E-state index in [-0.39, 0.29) is 10.8 Å². The number of hydrogen-bond donors (Lipinski definition) is 1. The van der Waals surface area contributed by atoms with E-state index in [0.717, 1.165) is 19.4 Å². The maximum atomic E-state index is 10.1. The summed E-state index contributed by atoms with van der Waals surface area (Å²) in [5.74, 6) is 0.583. The minimum Gasteiger partial charge on any atom is -0.319 e. The summed E-state index contributed by atoms with van der Waals surface area (Å²) in [6, 6.07) is 32.3. The van der Waals surface area contributed by atoms with Gasteiger partial charge in [-0.2, -0.15) is 5.26 Å². The molecular formula is C35H38N2. The maximum absolute atomic E-state index is 10.1. The minimum absolute atomic E-state index is 0.188. The fraction of sp³-hybridized carbons (Fsp3) is 0.400. The van der Waals surface area contributed by atoms with Crippen molar-refractivity contribution < 1.29 is 0 Å². The largest absolute Gasteiger partial charge is 0.319 e. The molecule has 0 saturated heterocycles. The second kappa shape index (κ2) is 9.96. The van der Waals surface area contributed by atoms with Crippen LogP contribution < -0.4 is 5.32 Å². The second-order valence-electron chi connectivity index (χ2n) is 11.7. The van der Waals surface area contributed by atoms with E-state index in [1.807, 2.05) is 0 Å². The smallest absolute Gasteiger partial charge is 0.0822 e. The highest BCUT2D eigenvalue weighted by Gasteiger charge is 2.38. The van der Waals surface area contributed by atoms with Crippen LogP contribution >= 0.6 is 0 Å². The molecule has 0 aliphatic heterocycles. The van der Waals surface area contributed by atoms with Crippen LogP contribution in [0, 0.1) is 11.3 Å². The third-order valence-corrected chi connectivity index (χ3v) is 9.65. The van der Waals surface area contributed by atoms with Crippen LogP contribution in [0.3, 0.4) is 0 Å². The summed E-state index contributed by atoms with van der Waals surface area (Å²) in [5.41, 5.74) is 4.10. The van der Waals surface area contributed by atoms with E-state index in [4.69, 9.17) is 0 Å². The van der Waals surface area contributed by atoms with E-state index < -0.39 is 0 Å². The first-order valence-corrected chi connectivity index (χ1v) is 14.2. The van der Waals surface area contributed by atoms with E-state index in [2.05, 4.69) is 97.3 Å². The molecule has 2 heteroatoms. The molecule has 0 spiro atoms. The Morgan fingerprint density at radius 3 is 2.22 bits per heavy atom. The average Bonchev–Trinajstić information content (AvgIpc) is 2.97. The standard InChI is InChI=1S/C35H38N2/c1-37-25-35(31-13-12-26-8-3-4-9-28(26)22-31)20-16-27(17-21-35)32-11-7-10-29-23-30(14-15-33(29)32)34(24-36)18-5-2-6-19-34/h3-4,7-15,22-23,27,37H,2,5-6,16-21,25H2,1H3. The predicted molar refractivity (Wildman–Crippen MR) is 155 cm³/mol. The van der Waals surface area contributed by atoms with Crippen LogP contribution in [0.2, 0.25) is 0 Å². The zero-order chi connectivity index (χ0) is 25.3. The lowest BCUT2D eigenvalue weighted by Gasteiger charge is -2.41. The van der Waals surface area contributed by atoms with Crippen LogP contribution in [0.4, 0.5) is 0 Å². The molecule has 0 aromatic heterocycles. The quantitative estimate of drug-likeness (QED) is 0.307. The van der Waals surface area contributed by atoms with E-state index in [1.165, 1.54) is 83.2 Å². The highest BCUT2D eigenvalue weighted by molar-refractivity contribution is 5.87. The van der Waals surface area contributed by atoms with Gasteiger partial charge in [-0.3, -0.25) is 0 Å². The summed E-state index contributed by atoms with van der Waals surface area (Å²) in [6.45, 7) is 1.02. The van der Waals surface area contributed by atoms with Gasteiger partial charge in [0.1, 0.15) is 0 Å². The van der Waals surface area contributed by atoms with Crippen LogP contribution in [0.15, 0.2) is 78.9 Å². The first-order chi connectivity index (χ1) is 18.2. The number of benzene rings is 4. The summed E-state index contributed by atoms with van der Waals surface area (Å²) in [4.78, 5) is 0. The van der Waals surface area contributed by atoms with E-state index >= 15 is 0 Å². The zero-order valence-corrected chi connectivity index (χ0v) is 22.1. The highest BCUT2D eigenvalue weighted by atomic mass is 14.8. The molecule has 0 bridgehead atoms. The third kappa shape index (κ3) is 4.34. The lowest BCUT2D eigenvalue weighted by molar-refractivity contribution is 0.264. The van der Waals surface area contributed by atoms with Crippen molar-refractivity contribution in [2.24, 2.45) is 0 Å². The normalized spacial score (nSPS) is 23.6. The van der Waals surface area contributed by atoms with Crippen LogP contribution in [-0.4, -0.2) is 13.6 Å². The van der Waals surface area contributed by atoms with Crippen molar-refractivity contribution in [1.82, 2.24) is 5.32 Å². The van der Waals surface area contributed by atoms with E-state index in [9.17, 15) is 5.26 Å². The molecule has 2 aliphatic carbocycles. The molecule has 2 aliphatic rings. The van der Waals surface area contributed by atoms with Gasteiger partial charge >= 0.3 is 0 Å². The van der Waals surface area contributed by atoms with Gasteiger partial charge in [-0.1, -0.05) is 92.1 Å². The molecule has 0 radical (unpaired) electrons. The number of likely N-dealkylation sites (N-methyl/N-ethyl adjacent to an activating group) is 1. The molecule has 6 rings (SSSR count). The number of nitrogens with one attached hydrogen (secondary N) is 1. The molecule has 0 heterocycles. The van der Waals surface area contributed by atoms with E-state index in [0.29, 0.717) is 5.92 Å². The predicted octanol–water partition coefficient (Wildman–Crippen LogP) is 8.53. The van der Waals surface area contributed by atoms with Gasteiger partial charge in [0.05, 0.1) is 11.5 Å². The molecule has 2 nitrogen and oxygen atoms in total. The van der Waals surface area contributed by atoms with Gasteiger partial charge in [0, 0.05) is 12.0 Å². The summed E-state index contributed by atoms with van der Waals surface area (Å²) >= 11 is 0. The molecular weight excluding hydrogens is 448 g/mol. The highest BCUT2D eigenvalue weighted by Crippen LogP contribution is 2.47. The van der Waals surface area contributed by atoms with Crippen molar-refractivity contribution in [2.45, 2.75) is 74.5 Å². The molecule has 0 amide bonds. The zero-order valence-electron chi connectivity index (χ0n) is 22.1. The Morgan fingerprint density at radius 1 is 0.757 bits per heavy atom. The fourth-order valence-electron chi connectivity index (χ4n) is 7.49. The van der Waals surface area contributed by atoms with Gasteiger partial charge in [-0.15, -0.1) is 0 Å². The van der Waals surface area contributed by atoms with Gasteiger partial charge in [0.15, 0.2) is 0 Å².